The van der Waals surface area contributed by atoms with E-state index in [0.717, 1.165) is 0 Å². The van der Waals surface area contributed by atoms with Crippen molar-refractivity contribution in [1.29, 1.82) is 5.26 Å². The van der Waals surface area contributed by atoms with Gasteiger partial charge in [0, 0.05) is 13.6 Å². The first-order valence-corrected chi connectivity index (χ1v) is 3.79. The third kappa shape index (κ3) is 3.84. The molecule has 0 saturated heterocycles. The molecule has 1 amide bonds. The summed E-state index contributed by atoms with van der Waals surface area (Å²) in [5, 5.41) is 7.71. The predicted molar refractivity (Wildman–Crippen MR) is 43.2 cm³/mol. The Bertz CT molecular complexity index is 174. The summed E-state index contributed by atoms with van der Waals surface area (Å²) in [6, 6.07) is 1.96. The van der Waals surface area contributed by atoms with Gasteiger partial charge in [0.1, 0.15) is 5.38 Å². The quantitative estimate of drug-likeness (QED) is 0.599. The minimum absolute atomic E-state index is 0.137. The van der Waals surface area contributed by atoms with Crippen molar-refractivity contribution in [2.45, 2.75) is 18.7 Å². The molecule has 11 heavy (non-hydrogen) atoms. The van der Waals surface area contributed by atoms with Crippen molar-refractivity contribution in [2.24, 2.45) is 0 Å². The molecule has 0 radical (unpaired) electrons. The molecular formula is C7H11ClN2O. The third-order valence-corrected chi connectivity index (χ3v) is 1.46. The summed E-state index contributed by atoms with van der Waals surface area (Å²) in [7, 11) is 1.64. The normalized spacial score (nSPS) is 11.8. The van der Waals surface area contributed by atoms with E-state index >= 15 is 0 Å². The highest BCUT2D eigenvalue weighted by atomic mass is 35.5. The van der Waals surface area contributed by atoms with E-state index in [1.807, 2.05) is 6.07 Å². The molecule has 62 valence electrons. The van der Waals surface area contributed by atoms with Gasteiger partial charge >= 0.3 is 0 Å². The maximum atomic E-state index is 11.0. The Labute approximate surface area is 71.5 Å². The maximum absolute atomic E-state index is 11.0. The fourth-order valence-electron chi connectivity index (χ4n) is 0.632. The van der Waals surface area contributed by atoms with Crippen molar-refractivity contribution in [3.63, 3.8) is 0 Å². The van der Waals surface area contributed by atoms with E-state index in [2.05, 4.69) is 0 Å². The molecule has 0 aliphatic rings. The van der Waals surface area contributed by atoms with Crippen molar-refractivity contribution in [3.8, 4) is 6.07 Å². The van der Waals surface area contributed by atoms with Crippen LogP contribution >= 0.6 is 11.6 Å². The molecule has 1 atom stereocenters. The number of hydrogen-bond donors (Lipinski definition) is 0. The number of carbonyl (C=O) groups is 1. The molecule has 0 aliphatic heterocycles. The van der Waals surface area contributed by atoms with Gasteiger partial charge in [0.2, 0.25) is 5.91 Å². The Kier molecular flexibility index (Phi) is 4.64. The van der Waals surface area contributed by atoms with E-state index in [9.17, 15) is 4.79 Å². The lowest BCUT2D eigenvalue weighted by Gasteiger charge is -2.16. The SMILES string of the molecule is CC(Cl)C(=O)N(C)CCC#N. The summed E-state index contributed by atoms with van der Waals surface area (Å²) in [5.74, 6) is -0.137. The van der Waals surface area contributed by atoms with Gasteiger partial charge in [0.05, 0.1) is 12.5 Å². The van der Waals surface area contributed by atoms with Gasteiger partial charge in [0.25, 0.3) is 0 Å². The van der Waals surface area contributed by atoms with Crippen molar-refractivity contribution >= 4 is 17.5 Å². The van der Waals surface area contributed by atoms with Crippen LogP contribution in [-0.2, 0) is 4.79 Å². The Morgan fingerprint density at radius 2 is 2.36 bits per heavy atom. The van der Waals surface area contributed by atoms with E-state index < -0.39 is 5.38 Å². The van der Waals surface area contributed by atoms with Crippen LogP contribution in [0, 0.1) is 11.3 Å². The lowest BCUT2D eigenvalue weighted by Crippen LogP contribution is -2.32. The maximum Gasteiger partial charge on any atom is 0.240 e. The van der Waals surface area contributed by atoms with Crippen molar-refractivity contribution in [1.82, 2.24) is 4.90 Å². The first kappa shape index (κ1) is 10.2. The van der Waals surface area contributed by atoms with Crippen molar-refractivity contribution in [2.75, 3.05) is 13.6 Å². The molecule has 0 aromatic rings. The Hall–Kier alpha value is -0.750. The molecule has 0 rings (SSSR count). The standard InChI is InChI=1S/C7H11ClN2O/c1-6(8)7(11)10(2)5-3-4-9/h6H,3,5H2,1-2H3. The summed E-state index contributed by atoms with van der Waals surface area (Å²) in [4.78, 5) is 12.5. The van der Waals surface area contributed by atoms with Gasteiger partial charge in [-0.15, -0.1) is 11.6 Å². The number of nitrogens with zero attached hydrogens (tertiary/aromatic N) is 2. The van der Waals surface area contributed by atoms with Crippen LogP contribution in [0.5, 0.6) is 0 Å². The minimum Gasteiger partial charge on any atom is -0.343 e. The van der Waals surface area contributed by atoms with Crippen LogP contribution in [0.4, 0.5) is 0 Å². The number of nitriles is 1. The topological polar surface area (TPSA) is 44.1 Å². The van der Waals surface area contributed by atoms with Gasteiger partial charge in [-0.2, -0.15) is 5.26 Å². The summed E-state index contributed by atoms with van der Waals surface area (Å²) < 4.78 is 0. The van der Waals surface area contributed by atoms with Crippen LogP contribution < -0.4 is 0 Å². The molecule has 4 heteroatoms. The largest absolute Gasteiger partial charge is 0.343 e. The van der Waals surface area contributed by atoms with Crippen LogP contribution in [-0.4, -0.2) is 29.8 Å². The molecule has 0 spiro atoms. The Balaban J connectivity index is 3.75. The Morgan fingerprint density at radius 3 is 2.73 bits per heavy atom. The molecule has 0 aliphatic carbocycles. The van der Waals surface area contributed by atoms with Gasteiger partial charge < -0.3 is 4.90 Å². The number of rotatable bonds is 3. The van der Waals surface area contributed by atoms with Gasteiger partial charge in [-0.05, 0) is 6.92 Å². The average Bonchev–Trinajstić information content (AvgIpc) is 1.98. The van der Waals surface area contributed by atoms with Gasteiger partial charge in [-0.3, -0.25) is 4.79 Å². The molecule has 0 heterocycles. The average molecular weight is 175 g/mol. The van der Waals surface area contributed by atoms with E-state index in [-0.39, 0.29) is 5.91 Å². The summed E-state index contributed by atoms with van der Waals surface area (Å²) in [6.45, 7) is 2.07. The van der Waals surface area contributed by atoms with Crippen LogP contribution in [0.3, 0.4) is 0 Å². The monoisotopic (exact) mass is 174 g/mol. The lowest BCUT2D eigenvalue weighted by atomic mass is 10.3. The van der Waals surface area contributed by atoms with Crippen LogP contribution in [0.2, 0.25) is 0 Å². The zero-order valence-electron chi connectivity index (χ0n) is 6.67. The second kappa shape index (κ2) is 4.97. The number of amides is 1. The van der Waals surface area contributed by atoms with Crippen LogP contribution in [0.25, 0.3) is 0 Å². The molecule has 0 bridgehead atoms. The minimum atomic E-state index is -0.501. The second-order valence-corrected chi connectivity index (χ2v) is 2.94. The number of hydrogen-bond acceptors (Lipinski definition) is 2. The third-order valence-electron chi connectivity index (χ3n) is 1.28. The van der Waals surface area contributed by atoms with Crippen LogP contribution in [0.15, 0.2) is 0 Å². The molecule has 1 unspecified atom stereocenters. The van der Waals surface area contributed by atoms with E-state index in [1.54, 1.807) is 14.0 Å². The highest BCUT2D eigenvalue weighted by Crippen LogP contribution is 1.99. The fourth-order valence-corrected chi connectivity index (χ4v) is 0.798. The van der Waals surface area contributed by atoms with Crippen molar-refractivity contribution < 1.29 is 4.79 Å². The van der Waals surface area contributed by atoms with E-state index in [4.69, 9.17) is 16.9 Å². The van der Waals surface area contributed by atoms with Crippen LogP contribution in [0.1, 0.15) is 13.3 Å². The second-order valence-electron chi connectivity index (χ2n) is 2.28. The van der Waals surface area contributed by atoms with Crippen molar-refractivity contribution in [3.05, 3.63) is 0 Å². The molecule has 0 aromatic carbocycles. The number of carbonyl (C=O) groups excluding carboxylic acids is 1. The van der Waals surface area contributed by atoms with E-state index in [0.29, 0.717) is 13.0 Å². The predicted octanol–water partition coefficient (Wildman–Crippen LogP) is 0.986. The summed E-state index contributed by atoms with van der Waals surface area (Å²) >= 11 is 5.53. The molecule has 0 aromatic heterocycles. The lowest BCUT2D eigenvalue weighted by molar-refractivity contribution is -0.129. The van der Waals surface area contributed by atoms with E-state index in [1.165, 1.54) is 4.90 Å². The number of alkyl halides is 1. The molecule has 3 nitrogen and oxygen atoms in total. The summed E-state index contributed by atoms with van der Waals surface area (Å²) in [5.41, 5.74) is 0. The first-order chi connectivity index (χ1) is 5.09. The highest BCUT2D eigenvalue weighted by molar-refractivity contribution is 6.30. The fraction of sp³-hybridized carbons (Fsp3) is 0.714. The first-order valence-electron chi connectivity index (χ1n) is 3.35. The Morgan fingerprint density at radius 1 is 1.82 bits per heavy atom. The zero-order valence-corrected chi connectivity index (χ0v) is 7.43. The van der Waals surface area contributed by atoms with Gasteiger partial charge in [-0.25, -0.2) is 0 Å². The number of halogens is 1. The molecular weight excluding hydrogens is 164 g/mol. The van der Waals surface area contributed by atoms with Gasteiger partial charge in [0.15, 0.2) is 0 Å². The smallest absolute Gasteiger partial charge is 0.240 e. The van der Waals surface area contributed by atoms with Gasteiger partial charge in [-0.1, -0.05) is 0 Å². The molecule has 0 saturated carbocycles. The molecule has 0 N–H and O–H groups in total. The highest BCUT2D eigenvalue weighted by Gasteiger charge is 2.13. The summed E-state index contributed by atoms with van der Waals surface area (Å²) in [6.07, 6.45) is 0.353. The molecule has 0 fully saturated rings. The zero-order chi connectivity index (χ0) is 8.85.